The highest BCUT2D eigenvalue weighted by atomic mass is 32.2. The molecule has 1 fully saturated rings. The first kappa shape index (κ1) is 18.4. The van der Waals surface area contributed by atoms with Crippen molar-refractivity contribution in [1.82, 2.24) is 14.9 Å². The van der Waals surface area contributed by atoms with Crippen molar-refractivity contribution in [2.45, 2.75) is 89.9 Å². The van der Waals surface area contributed by atoms with Crippen LogP contribution in [-0.4, -0.2) is 27.3 Å². The number of aryl methyl sites for hydroxylation is 1. The summed E-state index contributed by atoms with van der Waals surface area (Å²) in [5, 5.41) is 4.21. The van der Waals surface area contributed by atoms with Gasteiger partial charge in [0.15, 0.2) is 5.16 Å². The van der Waals surface area contributed by atoms with Crippen molar-refractivity contribution in [2.75, 3.05) is 5.75 Å². The zero-order chi connectivity index (χ0) is 16.7. The summed E-state index contributed by atoms with van der Waals surface area (Å²) in [6.07, 6.45) is 9.72. The maximum Gasteiger partial charge on any atom is 0.230 e. The Morgan fingerprint density at radius 3 is 2.61 bits per heavy atom. The minimum atomic E-state index is 0.155. The fourth-order valence-corrected chi connectivity index (χ4v) is 4.07. The van der Waals surface area contributed by atoms with Gasteiger partial charge in [0.1, 0.15) is 0 Å². The summed E-state index contributed by atoms with van der Waals surface area (Å²) in [7, 11) is 0. The van der Waals surface area contributed by atoms with Crippen molar-refractivity contribution in [2.24, 2.45) is 0 Å². The van der Waals surface area contributed by atoms with Gasteiger partial charge in [-0.05, 0) is 33.1 Å². The monoisotopic (exact) mass is 337 g/mol. The molecule has 1 heterocycles. The van der Waals surface area contributed by atoms with Crippen molar-refractivity contribution < 1.29 is 4.79 Å². The summed E-state index contributed by atoms with van der Waals surface area (Å²) < 4.78 is 2.27. The van der Waals surface area contributed by atoms with E-state index in [-0.39, 0.29) is 5.91 Å². The lowest BCUT2D eigenvalue weighted by atomic mass is 10.1. The fourth-order valence-electron chi connectivity index (χ4n) is 3.14. The zero-order valence-electron chi connectivity index (χ0n) is 14.9. The Labute approximate surface area is 144 Å². The second-order valence-corrected chi connectivity index (χ2v) is 7.56. The standard InChI is InChI=1S/C18H31N3OS/c1-4-5-12-21-15(3)14(2)19-18(21)23-13-17(22)20-16-10-8-6-7-9-11-16/h16H,4-13H2,1-3H3,(H,20,22). The van der Waals surface area contributed by atoms with Gasteiger partial charge in [-0.25, -0.2) is 4.98 Å². The lowest BCUT2D eigenvalue weighted by Crippen LogP contribution is -2.35. The third-order valence-corrected chi connectivity index (χ3v) is 5.69. The molecule has 0 unspecified atom stereocenters. The number of aromatic nitrogens is 2. The van der Waals surface area contributed by atoms with Gasteiger partial charge in [0, 0.05) is 18.3 Å². The average molecular weight is 338 g/mol. The Balaban J connectivity index is 1.87. The molecule has 1 aliphatic rings. The highest BCUT2D eigenvalue weighted by molar-refractivity contribution is 7.99. The molecule has 0 saturated heterocycles. The average Bonchev–Trinajstić information content (AvgIpc) is 2.72. The van der Waals surface area contributed by atoms with E-state index in [1.165, 1.54) is 37.8 Å². The van der Waals surface area contributed by atoms with Gasteiger partial charge in [-0.3, -0.25) is 4.79 Å². The fraction of sp³-hybridized carbons (Fsp3) is 0.778. The summed E-state index contributed by atoms with van der Waals surface area (Å²) in [5.41, 5.74) is 2.30. The number of nitrogens with zero attached hydrogens (tertiary/aromatic N) is 2. The van der Waals surface area contributed by atoms with Gasteiger partial charge in [-0.2, -0.15) is 0 Å². The van der Waals surface area contributed by atoms with Gasteiger partial charge in [0.2, 0.25) is 5.91 Å². The van der Waals surface area contributed by atoms with Crippen LogP contribution < -0.4 is 5.32 Å². The number of amides is 1. The third-order valence-electron chi connectivity index (χ3n) is 4.71. The van der Waals surface area contributed by atoms with Gasteiger partial charge in [-0.15, -0.1) is 0 Å². The number of hydrogen-bond donors (Lipinski definition) is 1. The van der Waals surface area contributed by atoms with E-state index in [0.29, 0.717) is 11.8 Å². The van der Waals surface area contributed by atoms with E-state index in [4.69, 9.17) is 0 Å². The maximum absolute atomic E-state index is 12.2. The summed E-state index contributed by atoms with van der Waals surface area (Å²) >= 11 is 1.57. The molecule has 1 saturated carbocycles. The highest BCUT2D eigenvalue weighted by Crippen LogP contribution is 2.22. The molecule has 1 aromatic heterocycles. The largest absolute Gasteiger partial charge is 0.353 e. The molecular weight excluding hydrogens is 306 g/mol. The summed E-state index contributed by atoms with van der Waals surface area (Å²) in [6.45, 7) is 7.36. The predicted octanol–water partition coefficient (Wildman–Crippen LogP) is 4.23. The molecule has 0 radical (unpaired) electrons. The first-order valence-electron chi connectivity index (χ1n) is 9.07. The Morgan fingerprint density at radius 2 is 1.96 bits per heavy atom. The SMILES string of the molecule is CCCCn1c(SCC(=O)NC2CCCCCC2)nc(C)c1C. The van der Waals surface area contributed by atoms with Gasteiger partial charge in [0.25, 0.3) is 0 Å². The second kappa shape index (κ2) is 9.36. The Bertz CT molecular complexity index is 505. The highest BCUT2D eigenvalue weighted by Gasteiger charge is 2.16. The lowest BCUT2D eigenvalue weighted by Gasteiger charge is -2.16. The molecule has 4 nitrogen and oxygen atoms in total. The Kier molecular flexibility index (Phi) is 7.47. The van der Waals surface area contributed by atoms with Gasteiger partial charge >= 0.3 is 0 Å². The molecule has 0 aliphatic heterocycles. The van der Waals surface area contributed by atoms with E-state index in [1.54, 1.807) is 11.8 Å². The molecule has 23 heavy (non-hydrogen) atoms. The van der Waals surface area contributed by atoms with Crippen molar-refractivity contribution >= 4 is 17.7 Å². The minimum Gasteiger partial charge on any atom is -0.353 e. The molecule has 1 amide bonds. The molecule has 0 atom stereocenters. The van der Waals surface area contributed by atoms with Crippen LogP contribution in [0.1, 0.15) is 69.7 Å². The van der Waals surface area contributed by atoms with E-state index >= 15 is 0 Å². The lowest BCUT2D eigenvalue weighted by molar-refractivity contribution is -0.119. The van der Waals surface area contributed by atoms with Crippen molar-refractivity contribution in [3.63, 3.8) is 0 Å². The van der Waals surface area contributed by atoms with Crippen LogP contribution in [0, 0.1) is 13.8 Å². The Morgan fingerprint density at radius 1 is 1.26 bits per heavy atom. The van der Waals surface area contributed by atoms with Gasteiger partial charge in [0.05, 0.1) is 11.4 Å². The topological polar surface area (TPSA) is 46.9 Å². The molecule has 1 N–H and O–H groups in total. The van der Waals surface area contributed by atoms with Crippen LogP contribution in [0.25, 0.3) is 0 Å². The first-order chi connectivity index (χ1) is 11.1. The summed E-state index contributed by atoms with van der Waals surface area (Å²) in [6, 6.07) is 0.383. The second-order valence-electron chi connectivity index (χ2n) is 6.62. The quantitative estimate of drug-likeness (QED) is 0.598. The minimum absolute atomic E-state index is 0.155. The van der Waals surface area contributed by atoms with Gasteiger partial charge in [-0.1, -0.05) is 50.8 Å². The molecule has 0 bridgehead atoms. The van der Waals surface area contributed by atoms with Crippen LogP contribution in [0.4, 0.5) is 0 Å². The smallest absolute Gasteiger partial charge is 0.230 e. The molecular formula is C18H31N3OS. The third kappa shape index (κ3) is 5.55. The normalized spacial score (nSPS) is 16.3. The number of rotatable bonds is 7. The van der Waals surface area contributed by atoms with Crippen LogP contribution in [0.5, 0.6) is 0 Å². The molecule has 130 valence electrons. The first-order valence-corrected chi connectivity index (χ1v) is 10.1. The molecule has 0 aromatic carbocycles. The van der Waals surface area contributed by atoms with Gasteiger partial charge < -0.3 is 9.88 Å². The van der Waals surface area contributed by atoms with Crippen molar-refractivity contribution in [1.29, 1.82) is 0 Å². The van der Waals surface area contributed by atoms with E-state index in [1.807, 2.05) is 6.92 Å². The summed E-state index contributed by atoms with van der Waals surface area (Å²) in [4.78, 5) is 16.9. The molecule has 0 spiro atoms. The van der Waals surface area contributed by atoms with Crippen LogP contribution in [-0.2, 0) is 11.3 Å². The number of unbranched alkanes of at least 4 members (excludes halogenated alkanes) is 1. The zero-order valence-corrected chi connectivity index (χ0v) is 15.7. The number of hydrogen-bond acceptors (Lipinski definition) is 3. The van der Waals surface area contributed by atoms with E-state index in [2.05, 4.69) is 28.7 Å². The van der Waals surface area contributed by atoms with E-state index in [9.17, 15) is 4.79 Å². The molecule has 1 aliphatic carbocycles. The number of imidazole rings is 1. The van der Waals surface area contributed by atoms with Crippen LogP contribution in [0.15, 0.2) is 5.16 Å². The van der Waals surface area contributed by atoms with E-state index in [0.717, 1.165) is 36.7 Å². The number of nitrogens with one attached hydrogen (secondary N) is 1. The van der Waals surface area contributed by atoms with E-state index < -0.39 is 0 Å². The molecule has 5 heteroatoms. The number of thioether (sulfide) groups is 1. The molecule has 1 aromatic rings. The van der Waals surface area contributed by atoms with Crippen molar-refractivity contribution in [3.05, 3.63) is 11.4 Å². The van der Waals surface area contributed by atoms with Crippen molar-refractivity contribution in [3.8, 4) is 0 Å². The Hall–Kier alpha value is -0.970. The maximum atomic E-state index is 12.2. The predicted molar refractivity (Wildman–Crippen MR) is 97.0 cm³/mol. The summed E-state index contributed by atoms with van der Waals surface area (Å²) in [5.74, 6) is 0.626. The van der Waals surface area contributed by atoms with Crippen LogP contribution in [0.2, 0.25) is 0 Å². The van der Waals surface area contributed by atoms with Crippen LogP contribution in [0.3, 0.4) is 0 Å². The van der Waals surface area contributed by atoms with Crippen LogP contribution >= 0.6 is 11.8 Å². The molecule has 2 rings (SSSR count). The number of carbonyl (C=O) groups is 1. The number of carbonyl (C=O) groups excluding carboxylic acids is 1.